The zero-order valence-corrected chi connectivity index (χ0v) is 19.2. The fraction of sp³-hybridized carbons (Fsp3) is 0.400. The maximum absolute atomic E-state index is 12.5. The number of halogens is 2. The van der Waals surface area contributed by atoms with Crippen LogP contribution in [0.5, 0.6) is 0 Å². The first-order valence-corrected chi connectivity index (χ1v) is 12.6. The molecule has 2 saturated carbocycles. The van der Waals surface area contributed by atoms with Gasteiger partial charge in [0.05, 0.1) is 21.0 Å². The Morgan fingerprint density at radius 3 is 2.53 bits per heavy atom. The quantitative estimate of drug-likeness (QED) is 0.606. The normalized spacial score (nSPS) is 21.7. The van der Waals surface area contributed by atoms with Crippen molar-refractivity contribution in [2.75, 3.05) is 0 Å². The van der Waals surface area contributed by atoms with Crippen LogP contribution in [0.1, 0.15) is 47.5 Å². The van der Waals surface area contributed by atoms with Crippen LogP contribution in [0.15, 0.2) is 34.5 Å². The number of nitrogens with one attached hydrogen (secondary N) is 2. The molecule has 4 rings (SSSR count). The molecule has 1 aromatic carbocycles. The minimum atomic E-state index is -3.99. The first-order valence-electron chi connectivity index (χ1n) is 9.58. The van der Waals surface area contributed by atoms with Gasteiger partial charge in [-0.2, -0.15) is 0 Å². The maximum atomic E-state index is 12.5. The minimum Gasteiger partial charge on any atom is -0.345 e. The van der Waals surface area contributed by atoms with E-state index in [1.807, 2.05) is 0 Å². The predicted octanol–water partition coefficient (Wildman–Crippen LogP) is 4.40. The molecule has 2 aromatic rings. The number of hydrogen-bond acceptors (Lipinski definition) is 5. The Bertz CT molecular complexity index is 1110. The maximum Gasteiger partial charge on any atom is 0.273 e. The molecular formula is C20H20Cl2N2O4S2. The molecule has 2 amide bonds. The van der Waals surface area contributed by atoms with E-state index in [4.69, 9.17) is 23.2 Å². The highest BCUT2D eigenvalue weighted by atomic mass is 35.5. The Morgan fingerprint density at radius 2 is 1.87 bits per heavy atom. The molecule has 1 heterocycles. The molecule has 3 atom stereocenters. The Kier molecular flexibility index (Phi) is 5.87. The Balaban J connectivity index is 1.39. The summed E-state index contributed by atoms with van der Waals surface area (Å²) in [5.41, 5.74) is 0.768. The van der Waals surface area contributed by atoms with Gasteiger partial charge in [0.25, 0.3) is 15.9 Å². The van der Waals surface area contributed by atoms with E-state index in [9.17, 15) is 18.0 Å². The van der Waals surface area contributed by atoms with Crippen LogP contribution in [0, 0.1) is 17.8 Å². The van der Waals surface area contributed by atoms with E-state index in [-0.39, 0.29) is 21.0 Å². The Hall–Kier alpha value is -1.61. The van der Waals surface area contributed by atoms with E-state index in [0.29, 0.717) is 21.9 Å². The van der Waals surface area contributed by atoms with Crippen LogP contribution in [-0.4, -0.2) is 20.2 Å². The molecule has 0 aliphatic heterocycles. The molecule has 0 spiro atoms. The van der Waals surface area contributed by atoms with Gasteiger partial charge < -0.3 is 5.32 Å². The first kappa shape index (κ1) is 21.6. The number of rotatable bonds is 7. The summed E-state index contributed by atoms with van der Waals surface area (Å²) in [6.45, 7) is 1.79. The number of thiophene rings is 1. The van der Waals surface area contributed by atoms with E-state index >= 15 is 0 Å². The average molecular weight is 487 g/mol. The van der Waals surface area contributed by atoms with Crippen molar-refractivity contribution in [3.05, 3.63) is 50.8 Å². The standard InChI is InChI=1S/C20H20Cl2N2O4S2/c1-10(12-4-5-15(21)16(22)8-12)23-20(26)17-6-7-18(29-17)30(27,28)24-19(25)14-9-13(14)11-2-3-11/h4-8,10-11,13-14H,2-3,9H2,1H3,(H,23,26)(H,24,25)/t10-,13+,14-/m1/s1. The van der Waals surface area contributed by atoms with E-state index in [2.05, 4.69) is 10.0 Å². The molecule has 0 unspecified atom stereocenters. The molecule has 1 aromatic heterocycles. The van der Waals surface area contributed by atoms with Crippen LogP contribution in [0.2, 0.25) is 10.0 Å². The summed E-state index contributed by atoms with van der Waals surface area (Å²) in [4.78, 5) is 25.0. The van der Waals surface area contributed by atoms with E-state index < -0.39 is 21.8 Å². The van der Waals surface area contributed by atoms with Crippen LogP contribution in [0.25, 0.3) is 0 Å². The van der Waals surface area contributed by atoms with Gasteiger partial charge in [-0.15, -0.1) is 11.3 Å². The highest BCUT2D eigenvalue weighted by molar-refractivity contribution is 7.92. The Morgan fingerprint density at radius 1 is 1.13 bits per heavy atom. The van der Waals surface area contributed by atoms with Crippen LogP contribution < -0.4 is 10.0 Å². The van der Waals surface area contributed by atoms with Crippen molar-refractivity contribution >= 4 is 56.4 Å². The van der Waals surface area contributed by atoms with Crippen LogP contribution in [0.3, 0.4) is 0 Å². The van der Waals surface area contributed by atoms with Crippen molar-refractivity contribution in [3.8, 4) is 0 Å². The van der Waals surface area contributed by atoms with Gasteiger partial charge in [-0.05, 0) is 67.9 Å². The molecule has 0 radical (unpaired) electrons. The predicted molar refractivity (Wildman–Crippen MR) is 116 cm³/mol. The smallest absolute Gasteiger partial charge is 0.273 e. The van der Waals surface area contributed by atoms with Crippen molar-refractivity contribution in [1.29, 1.82) is 0 Å². The minimum absolute atomic E-state index is 0.0631. The number of carbonyl (C=O) groups excluding carboxylic acids is 2. The zero-order valence-electron chi connectivity index (χ0n) is 16.0. The van der Waals surface area contributed by atoms with Gasteiger partial charge in [-0.25, -0.2) is 13.1 Å². The molecular weight excluding hydrogens is 467 g/mol. The highest BCUT2D eigenvalue weighted by Crippen LogP contribution is 2.54. The van der Waals surface area contributed by atoms with E-state index in [1.165, 1.54) is 12.1 Å². The summed E-state index contributed by atoms with van der Waals surface area (Å²) in [6, 6.07) is 7.49. The summed E-state index contributed by atoms with van der Waals surface area (Å²) in [6.07, 6.45) is 3.02. The summed E-state index contributed by atoms with van der Waals surface area (Å²) >= 11 is 12.8. The van der Waals surface area contributed by atoms with Gasteiger partial charge in [0.15, 0.2) is 0 Å². The van der Waals surface area contributed by atoms with Gasteiger partial charge in [0, 0.05) is 5.92 Å². The second-order valence-electron chi connectivity index (χ2n) is 7.80. The molecule has 0 bridgehead atoms. The third-order valence-corrected chi connectivity index (χ3v) is 9.16. The van der Waals surface area contributed by atoms with Crippen molar-refractivity contribution in [2.45, 2.75) is 36.4 Å². The van der Waals surface area contributed by atoms with Gasteiger partial charge in [0.2, 0.25) is 5.91 Å². The lowest BCUT2D eigenvalue weighted by molar-refractivity contribution is -0.120. The molecule has 30 heavy (non-hydrogen) atoms. The van der Waals surface area contributed by atoms with Crippen molar-refractivity contribution in [1.82, 2.24) is 10.0 Å². The molecule has 2 aliphatic rings. The van der Waals surface area contributed by atoms with Crippen molar-refractivity contribution < 1.29 is 18.0 Å². The molecule has 10 heteroatoms. The van der Waals surface area contributed by atoms with Crippen molar-refractivity contribution in [3.63, 3.8) is 0 Å². The molecule has 2 N–H and O–H groups in total. The largest absolute Gasteiger partial charge is 0.345 e. The average Bonchev–Trinajstić information content (AvgIpc) is 3.59. The lowest BCUT2D eigenvalue weighted by Gasteiger charge is -2.14. The summed E-state index contributed by atoms with van der Waals surface area (Å²) in [7, 11) is -3.99. The lowest BCUT2D eigenvalue weighted by Crippen LogP contribution is -2.31. The second kappa shape index (κ2) is 8.15. The fourth-order valence-corrected chi connectivity index (χ4v) is 6.08. The van der Waals surface area contributed by atoms with Gasteiger partial charge >= 0.3 is 0 Å². The van der Waals surface area contributed by atoms with E-state index in [1.54, 1.807) is 25.1 Å². The third-order valence-electron chi connectivity index (χ3n) is 5.50. The summed E-state index contributed by atoms with van der Waals surface area (Å²) < 4.78 is 27.2. The first-order chi connectivity index (χ1) is 14.2. The van der Waals surface area contributed by atoms with Crippen molar-refractivity contribution in [2.24, 2.45) is 17.8 Å². The number of carbonyl (C=O) groups is 2. The summed E-state index contributed by atoms with van der Waals surface area (Å²) in [5.74, 6) is -0.158. The van der Waals surface area contributed by atoms with Gasteiger partial charge in [-0.3, -0.25) is 9.59 Å². The zero-order chi connectivity index (χ0) is 21.6. The molecule has 2 aliphatic carbocycles. The van der Waals surface area contributed by atoms with Crippen LogP contribution in [0.4, 0.5) is 0 Å². The topological polar surface area (TPSA) is 92.3 Å². The Labute approximate surface area is 189 Å². The monoisotopic (exact) mass is 486 g/mol. The highest BCUT2D eigenvalue weighted by Gasteiger charge is 2.51. The summed E-state index contributed by atoms with van der Waals surface area (Å²) in [5, 5.41) is 3.61. The number of sulfonamides is 1. The molecule has 2 fully saturated rings. The molecule has 0 saturated heterocycles. The molecule has 6 nitrogen and oxygen atoms in total. The lowest BCUT2D eigenvalue weighted by atomic mass is 10.1. The van der Waals surface area contributed by atoms with E-state index in [0.717, 1.165) is 36.2 Å². The number of amides is 2. The second-order valence-corrected chi connectivity index (χ2v) is 11.6. The SMILES string of the molecule is C[C@@H](NC(=O)c1ccc(S(=O)(=O)NC(=O)[C@@H]2C[C@H]2C2CC2)s1)c1ccc(Cl)c(Cl)c1. The van der Waals surface area contributed by atoms with Crippen LogP contribution in [-0.2, 0) is 14.8 Å². The molecule has 160 valence electrons. The van der Waals surface area contributed by atoms with Gasteiger partial charge in [-0.1, -0.05) is 29.3 Å². The fourth-order valence-electron chi connectivity index (χ4n) is 3.54. The number of benzene rings is 1. The third kappa shape index (κ3) is 4.66. The van der Waals surface area contributed by atoms with Crippen LogP contribution >= 0.6 is 34.5 Å². The van der Waals surface area contributed by atoms with Gasteiger partial charge in [0.1, 0.15) is 4.21 Å². The number of hydrogen-bond donors (Lipinski definition) is 2.